The first-order valence-electron chi connectivity index (χ1n) is 5.30. The van der Waals surface area contributed by atoms with Crippen LogP contribution in [0, 0.1) is 0 Å². The quantitative estimate of drug-likeness (QED) is 0.726. The lowest BCUT2D eigenvalue weighted by Crippen LogP contribution is -2.29. The van der Waals surface area contributed by atoms with Crippen molar-refractivity contribution in [3.05, 3.63) is 33.8 Å². The number of hydrogen-bond acceptors (Lipinski definition) is 1. The Morgan fingerprint density at radius 2 is 1.87 bits per heavy atom. The van der Waals surface area contributed by atoms with Gasteiger partial charge < -0.3 is 4.90 Å². The minimum absolute atomic E-state index is 0.603. The molecule has 0 spiro atoms. The fraction of sp³-hybridized carbons (Fsp3) is 0.500. The largest absolute Gasteiger partial charge is 0.306 e. The molecule has 0 amide bonds. The molecule has 0 saturated carbocycles. The van der Waals surface area contributed by atoms with Crippen LogP contribution < -0.4 is 0 Å². The summed E-state index contributed by atoms with van der Waals surface area (Å²) in [6.07, 6.45) is 2.38. The molecule has 1 aliphatic rings. The molecule has 0 atom stereocenters. The molecule has 0 N–H and O–H groups in total. The van der Waals surface area contributed by atoms with Crippen molar-refractivity contribution in [1.82, 2.24) is 4.90 Å². The molecule has 3 heteroatoms. The zero-order valence-electron chi connectivity index (χ0n) is 8.84. The summed E-state index contributed by atoms with van der Waals surface area (Å²) in [4.78, 5) is 2.36. The molecule has 1 aliphatic heterocycles. The molecule has 0 aliphatic carbocycles. The molecule has 0 unspecified atom stereocenters. The lowest BCUT2D eigenvalue weighted by molar-refractivity contribution is 0.255. The van der Waals surface area contributed by atoms with E-state index in [1.165, 1.54) is 18.4 Å². The molecule has 1 nitrogen and oxygen atoms in total. The van der Waals surface area contributed by atoms with E-state index in [0.717, 1.165) is 23.1 Å². The van der Waals surface area contributed by atoms with Crippen LogP contribution in [0.2, 0.25) is 10.0 Å². The van der Waals surface area contributed by atoms with E-state index in [4.69, 9.17) is 23.2 Å². The Kier molecular flexibility index (Phi) is 3.55. The van der Waals surface area contributed by atoms with Crippen LogP contribution in [0.1, 0.15) is 24.3 Å². The molecular formula is C12H15Cl2N. The van der Waals surface area contributed by atoms with Crippen LogP contribution in [0.25, 0.3) is 0 Å². The van der Waals surface area contributed by atoms with Gasteiger partial charge in [0.25, 0.3) is 0 Å². The SMILES string of the molecule is CN1CCC(c2ccc(Cl)cc2Cl)CC1. The fourth-order valence-corrected chi connectivity index (χ4v) is 2.71. The van der Waals surface area contributed by atoms with Gasteiger partial charge >= 0.3 is 0 Å². The minimum Gasteiger partial charge on any atom is -0.306 e. The average Bonchev–Trinajstić information content (AvgIpc) is 2.20. The molecule has 1 saturated heterocycles. The Hall–Kier alpha value is -0.240. The van der Waals surface area contributed by atoms with Gasteiger partial charge in [-0.1, -0.05) is 29.3 Å². The lowest BCUT2D eigenvalue weighted by Gasteiger charge is -2.29. The molecule has 0 radical (unpaired) electrons. The van der Waals surface area contributed by atoms with E-state index < -0.39 is 0 Å². The van der Waals surface area contributed by atoms with Crippen molar-refractivity contribution in [2.75, 3.05) is 20.1 Å². The first-order chi connectivity index (χ1) is 7.16. The van der Waals surface area contributed by atoms with Crippen LogP contribution in [0.3, 0.4) is 0 Å². The first kappa shape index (κ1) is 11.3. The summed E-state index contributed by atoms with van der Waals surface area (Å²) >= 11 is 12.1. The molecule has 82 valence electrons. The minimum atomic E-state index is 0.603. The van der Waals surface area contributed by atoms with Gasteiger partial charge in [0, 0.05) is 10.0 Å². The number of rotatable bonds is 1. The third-order valence-electron chi connectivity index (χ3n) is 3.12. The van der Waals surface area contributed by atoms with E-state index in [1.807, 2.05) is 12.1 Å². The number of hydrogen-bond donors (Lipinski definition) is 0. The summed E-state index contributed by atoms with van der Waals surface area (Å²) in [5.74, 6) is 0.603. The monoisotopic (exact) mass is 243 g/mol. The van der Waals surface area contributed by atoms with Crippen LogP contribution in [0.5, 0.6) is 0 Å². The smallest absolute Gasteiger partial charge is 0.0455 e. The Morgan fingerprint density at radius 1 is 1.20 bits per heavy atom. The third kappa shape index (κ3) is 2.66. The van der Waals surface area contributed by atoms with Gasteiger partial charge in [-0.2, -0.15) is 0 Å². The predicted molar refractivity (Wildman–Crippen MR) is 65.9 cm³/mol. The summed E-state index contributed by atoms with van der Waals surface area (Å²) < 4.78 is 0. The fourth-order valence-electron chi connectivity index (χ4n) is 2.15. The molecule has 1 aromatic carbocycles. The molecule has 1 heterocycles. The van der Waals surface area contributed by atoms with Crippen molar-refractivity contribution in [1.29, 1.82) is 0 Å². The van der Waals surface area contributed by atoms with Crippen molar-refractivity contribution < 1.29 is 0 Å². The Labute approximate surface area is 101 Å². The lowest BCUT2D eigenvalue weighted by atomic mass is 9.90. The maximum absolute atomic E-state index is 6.20. The maximum Gasteiger partial charge on any atom is 0.0455 e. The Morgan fingerprint density at radius 3 is 2.47 bits per heavy atom. The second kappa shape index (κ2) is 4.73. The summed E-state index contributed by atoms with van der Waals surface area (Å²) in [6.45, 7) is 2.31. The Balaban J connectivity index is 2.15. The zero-order valence-corrected chi connectivity index (χ0v) is 10.4. The van der Waals surface area contributed by atoms with Gasteiger partial charge in [-0.15, -0.1) is 0 Å². The number of piperidine rings is 1. The van der Waals surface area contributed by atoms with Gasteiger partial charge in [-0.25, -0.2) is 0 Å². The zero-order chi connectivity index (χ0) is 10.8. The van der Waals surface area contributed by atoms with Crippen LogP contribution in [0.15, 0.2) is 18.2 Å². The van der Waals surface area contributed by atoms with Gasteiger partial charge in [0.05, 0.1) is 0 Å². The van der Waals surface area contributed by atoms with Gasteiger partial charge in [0.15, 0.2) is 0 Å². The molecule has 1 fully saturated rings. The predicted octanol–water partition coefficient (Wildman–Crippen LogP) is 3.80. The highest BCUT2D eigenvalue weighted by molar-refractivity contribution is 6.35. The number of likely N-dealkylation sites (tertiary alicyclic amines) is 1. The van der Waals surface area contributed by atoms with E-state index in [2.05, 4.69) is 18.0 Å². The van der Waals surface area contributed by atoms with E-state index in [-0.39, 0.29) is 0 Å². The summed E-state index contributed by atoms with van der Waals surface area (Å²) in [7, 11) is 2.17. The van der Waals surface area contributed by atoms with Crippen LogP contribution in [-0.2, 0) is 0 Å². The maximum atomic E-state index is 6.20. The number of benzene rings is 1. The van der Waals surface area contributed by atoms with Crippen LogP contribution in [-0.4, -0.2) is 25.0 Å². The Bertz CT molecular complexity index is 343. The highest BCUT2D eigenvalue weighted by Gasteiger charge is 2.20. The van der Waals surface area contributed by atoms with Gasteiger partial charge in [-0.05, 0) is 56.6 Å². The normalized spacial score (nSPS) is 19.4. The number of halogens is 2. The summed E-state index contributed by atoms with van der Waals surface area (Å²) in [6, 6.07) is 5.85. The highest BCUT2D eigenvalue weighted by Crippen LogP contribution is 2.33. The summed E-state index contributed by atoms with van der Waals surface area (Å²) in [5.41, 5.74) is 1.26. The second-order valence-electron chi connectivity index (χ2n) is 4.24. The average molecular weight is 244 g/mol. The van der Waals surface area contributed by atoms with E-state index in [9.17, 15) is 0 Å². The molecule has 2 rings (SSSR count). The van der Waals surface area contributed by atoms with E-state index in [1.54, 1.807) is 0 Å². The molecular weight excluding hydrogens is 229 g/mol. The molecule has 0 bridgehead atoms. The van der Waals surface area contributed by atoms with E-state index in [0.29, 0.717) is 5.92 Å². The molecule has 1 aromatic rings. The summed E-state index contributed by atoms with van der Waals surface area (Å²) in [5, 5.41) is 1.54. The van der Waals surface area contributed by atoms with Gasteiger partial charge in [0.1, 0.15) is 0 Å². The van der Waals surface area contributed by atoms with Crippen molar-refractivity contribution in [3.8, 4) is 0 Å². The van der Waals surface area contributed by atoms with E-state index >= 15 is 0 Å². The second-order valence-corrected chi connectivity index (χ2v) is 5.09. The number of nitrogens with zero attached hydrogens (tertiary/aromatic N) is 1. The topological polar surface area (TPSA) is 3.24 Å². The van der Waals surface area contributed by atoms with Crippen molar-refractivity contribution in [2.45, 2.75) is 18.8 Å². The van der Waals surface area contributed by atoms with Crippen molar-refractivity contribution >= 4 is 23.2 Å². The van der Waals surface area contributed by atoms with Crippen molar-refractivity contribution in [3.63, 3.8) is 0 Å². The van der Waals surface area contributed by atoms with Crippen LogP contribution >= 0.6 is 23.2 Å². The standard InChI is InChI=1S/C12H15Cl2N/c1-15-6-4-9(5-7-15)11-3-2-10(13)8-12(11)14/h2-3,8-9H,4-7H2,1H3. The van der Waals surface area contributed by atoms with Gasteiger partial charge in [-0.3, -0.25) is 0 Å². The first-order valence-corrected chi connectivity index (χ1v) is 6.06. The third-order valence-corrected chi connectivity index (χ3v) is 3.68. The highest BCUT2D eigenvalue weighted by atomic mass is 35.5. The van der Waals surface area contributed by atoms with Crippen molar-refractivity contribution in [2.24, 2.45) is 0 Å². The molecule has 0 aromatic heterocycles. The van der Waals surface area contributed by atoms with Crippen LogP contribution in [0.4, 0.5) is 0 Å². The molecule has 15 heavy (non-hydrogen) atoms. The van der Waals surface area contributed by atoms with Gasteiger partial charge in [0.2, 0.25) is 0 Å².